The average Bonchev–Trinajstić information content (AvgIpc) is 2.54. The van der Waals surface area contributed by atoms with Crippen molar-refractivity contribution in [2.75, 3.05) is 13.7 Å². The second-order valence-electron chi connectivity index (χ2n) is 6.31. The number of nitrogens with zero attached hydrogens (tertiary/aromatic N) is 1. The minimum absolute atomic E-state index is 0.162. The summed E-state index contributed by atoms with van der Waals surface area (Å²) in [5, 5.41) is 12.4. The zero-order valence-corrected chi connectivity index (χ0v) is 14.3. The molecule has 0 aliphatic heterocycles. The highest BCUT2D eigenvalue weighted by molar-refractivity contribution is 6.31. The Balaban J connectivity index is 1.92. The van der Waals surface area contributed by atoms with E-state index < -0.39 is 5.82 Å². The van der Waals surface area contributed by atoms with Gasteiger partial charge in [-0.15, -0.1) is 0 Å². The molecule has 1 atom stereocenters. The van der Waals surface area contributed by atoms with Gasteiger partial charge in [0.25, 0.3) is 0 Å². The molecule has 1 aliphatic rings. The van der Waals surface area contributed by atoms with E-state index in [1.807, 2.05) is 6.92 Å². The zero-order chi connectivity index (χ0) is 17.0. The lowest BCUT2D eigenvalue weighted by atomic mass is 9.86. The molecule has 1 aromatic rings. The molecule has 2 N–H and O–H groups in total. The maximum absolute atomic E-state index is 13.1. The Morgan fingerprint density at radius 2 is 2.09 bits per heavy atom. The van der Waals surface area contributed by atoms with Crippen LogP contribution in [0, 0.1) is 11.7 Å². The SMILES string of the molecule is C[C@@H](NC(=O)N(C)C1CCC(CO)CC1)c1ccc(F)cc1Cl. The largest absolute Gasteiger partial charge is 0.396 e. The Bertz CT molecular complexity index is 547. The van der Waals surface area contributed by atoms with Crippen molar-refractivity contribution in [3.63, 3.8) is 0 Å². The first-order valence-electron chi connectivity index (χ1n) is 8.01. The molecular weight excluding hydrogens is 319 g/mol. The van der Waals surface area contributed by atoms with Gasteiger partial charge in [-0.3, -0.25) is 0 Å². The van der Waals surface area contributed by atoms with E-state index >= 15 is 0 Å². The van der Waals surface area contributed by atoms with Crippen LogP contribution < -0.4 is 5.32 Å². The smallest absolute Gasteiger partial charge is 0.317 e. The third kappa shape index (κ3) is 4.58. The van der Waals surface area contributed by atoms with Gasteiger partial charge >= 0.3 is 6.03 Å². The predicted octanol–water partition coefficient (Wildman–Crippen LogP) is 3.73. The van der Waals surface area contributed by atoms with Crippen molar-refractivity contribution < 1.29 is 14.3 Å². The van der Waals surface area contributed by atoms with Crippen molar-refractivity contribution in [1.82, 2.24) is 10.2 Å². The van der Waals surface area contributed by atoms with Gasteiger partial charge in [-0.2, -0.15) is 0 Å². The maximum atomic E-state index is 13.1. The van der Waals surface area contributed by atoms with Gasteiger partial charge in [0.2, 0.25) is 0 Å². The van der Waals surface area contributed by atoms with Crippen molar-refractivity contribution in [2.24, 2.45) is 5.92 Å². The van der Waals surface area contributed by atoms with Crippen LogP contribution in [-0.2, 0) is 0 Å². The zero-order valence-electron chi connectivity index (χ0n) is 13.6. The number of aliphatic hydroxyl groups excluding tert-OH is 1. The van der Waals surface area contributed by atoms with Crippen molar-refractivity contribution in [3.8, 4) is 0 Å². The number of halogens is 2. The van der Waals surface area contributed by atoms with E-state index in [1.165, 1.54) is 12.1 Å². The fourth-order valence-electron chi connectivity index (χ4n) is 3.10. The van der Waals surface area contributed by atoms with Gasteiger partial charge in [0.05, 0.1) is 6.04 Å². The molecule has 2 rings (SSSR count). The fraction of sp³-hybridized carbons (Fsp3) is 0.588. The summed E-state index contributed by atoms with van der Waals surface area (Å²) in [6, 6.07) is 3.91. The Kier molecular flexibility index (Phi) is 6.25. The molecule has 1 saturated carbocycles. The molecular formula is C17H24ClFN2O2. The number of amides is 2. The van der Waals surface area contributed by atoms with E-state index in [4.69, 9.17) is 11.6 Å². The fourth-order valence-corrected chi connectivity index (χ4v) is 3.43. The molecule has 4 nitrogen and oxygen atoms in total. The van der Waals surface area contributed by atoms with E-state index in [2.05, 4.69) is 5.32 Å². The molecule has 6 heteroatoms. The summed E-state index contributed by atoms with van der Waals surface area (Å²) >= 11 is 6.04. The summed E-state index contributed by atoms with van der Waals surface area (Å²) in [7, 11) is 1.79. The molecule has 23 heavy (non-hydrogen) atoms. The summed E-state index contributed by atoms with van der Waals surface area (Å²) in [6.07, 6.45) is 3.69. The Morgan fingerprint density at radius 1 is 1.43 bits per heavy atom. The van der Waals surface area contributed by atoms with E-state index in [0.717, 1.165) is 25.7 Å². The van der Waals surface area contributed by atoms with Gasteiger partial charge in [0.1, 0.15) is 5.82 Å². The number of rotatable bonds is 4. The second kappa shape index (κ2) is 7.97. The van der Waals surface area contributed by atoms with Gasteiger partial charge in [-0.05, 0) is 56.2 Å². The molecule has 0 heterocycles. The summed E-state index contributed by atoms with van der Waals surface area (Å²) in [4.78, 5) is 14.1. The maximum Gasteiger partial charge on any atom is 0.317 e. The minimum Gasteiger partial charge on any atom is -0.396 e. The Hall–Kier alpha value is -1.33. The Morgan fingerprint density at radius 3 is 2.65 bits per heavy atom. The number of benzene rings is 1. The third-order valence-electron chi connectivity index (χ3n) is 4.71. The van der Waals surface area contributed by atoms with Gasteiger partial charge in [0.15, 0.2) is 0 Å². The van der Waals surface area contributed by atoms with Crippen LogP contribution >= 0.6 is 11.6 Å². The van der Waals surface area contributed by atoms with E-state index in [0.29, 0.717) is 16.5 Å². The molecule has 1 fully saturated rings. The van der Waals surface area contributed by atoms with Crippen LogP contribution in [0.25, 0.3) is 0 Å². The van der Waals surface area contributed by atoms with Crippen LogP contribution in [-0.4, -0.2) is 35.7 Å². The van der Waals surface area contributed by atoms with Gasteiger partial charge in [-0.1, -0.05) is 17.7 Å². The number of hydrogen-bond acceptors (Lipinski definition) is 2. The van der Waals surface area contributed by atoms with E-state index in [1.54, 1.807) is 18.0 Å². The number of carbonyl (C=O) groups is 1. The predicted molar refractivity (Wildman–Crippen MR) is 89.0 cm³/mol. The van der Waals surface area contributed by atoms with Crippen LogP contribution in [0.5, 0.6) is 0 Å². The van der Waals surface area contributed by atoms with E-state index in [9.17, 15) is 14.3 Å². The molecule has 2 amide bonds. The van der Waals surface area contributed by atoms with Crippen LogP contribution in [0.15, 0.2) is 18.2 Å². The van der Waals surface area contributed by atoms with Gasteiger partial charge in [-0.25, -0.2) is 9.18 Å². The first-order valence-corrected chi connectivity index (χ1v) is 8.39. The lowest BCUT2D eigenvalue weighted by molar-refractivity contribution is 0.133. The van der Waals surface area contributed by atoms with Gasteiger partial charge in [0, 0.05) is 24.7 Å². The van der Waals surface area contributed by atoms with Crippen molar-refractivity contribution in [1.29, 1.82) is 0 Å². The molecule has 0 saturated heterocycles. The number of carbonyl (C=O) groups excluding carboxylic acids is 1. The average molecular weight is 343 g/mol. The third-order valence-corrected chi connectivity index (χ3v) is 5.04. The molecule has 0 spiro atoms. The monoisotopic (exact) mass is 342 g/mol. The highest BCUT2D eigenvalue weighted by atomic mass is 35.5. The summed E-state index contributed by atoms with van der Waals surface area (Å²) < 4.78 is 13.1. The normalized spacial score (nSPS) is 22.5. The number of nitrogens with one attached hydrogen (secondary N) is 1. The summed E-state index contributed by atoms with van der Waals surface area (Å²) in [5.41, 5.74) is 0.693. The van der Waals surface area contributed by atoms with Crippen molar-refractivity contribution >= 4 is 17.6 Å². The standard InChI is InChI=1S/C17H24ClFN2O2/c1-11(15-8-5-13(19)9-16(15)18)20-17(23)21(2)14-6-3-12(10-22)4-7-14/h5,8-9,11-12,14,22H,3-4,6-7,10H2,1-2H3,(H,20,23)/t11-,12?,14?/m1/s1. The molecule has 0 radical (unpaired) electrons. The van der Waals surface area contributed by atoms with Gasteiger partial charge < -0.3 is 15.3 Å². The molecule has 0 unspecified atom stereocenters. The number of hydrogen-bond donors (Lipinski definition) is 2. The summed E-state index contributed by atoms with van der Waals surface area (Å²) in [5.74, 6) is -0.0327. The first-order chi connectivity index (χ1) is 10.9. The highest BCUT2D eigenvalue weighted by Gasteiger charge is 2.27. The first kappa shape index (κ1) is 18.0. The minimum atomic E-state index is -0.393. The van der Waals surface area contributed by atoms with Crippen LogP contribution in [0.1, 0.15) is 44.2 Å². The molecule has 1 aliphatic carbocycles. The molecule has 0 aromatic heterocycles. The van der Waals surface area contributed by atoms with Crippen molar-refractivity contribution in [2.45, 2.75) is 44.7 Å². The summed E-state index contributed by atoms with van der Waals surface area (Å²) in [6.45, 7) is 2.05. The second-order valence-corrected chi connectivity index (χ2v) is 6.71. The van der Waals surface area contributed by atoms with Crippen LogP contribution in [0.2, 0.25) is 5.02 Å². The van der Waals surface area contributed by atoms with Crippen LogP contribution in [0.4, 0.5) is 9.18 Å². The van der Waals surface area contributed by atoms with Crippen molar-refractivity contribution in [3.05, 3.63) is 34.6 Å². The van der Waals surface area contributed by atoms with E-state index in [-0.39, 0.29) is 24.7 Å². The molecule has 128 valence electrons. The Labute approximate surface area is 141 Å². The molecule has 1 aromatic carbocycles. The quantitative estimate of drug-likeness (QED) is 0.876. The number of aliphatic hydroxyl groups is 1. The van der Waals surface area contributed by atoms with Crippen LogP contribution in [0.3, 0.4) is 0 Å². The lowest BCUT2D eigenvalue weighted by Gasteiger charge is -2.34. The number of urea groups is 1. The topological polar surface area (TPSA) is 52.6 Å². The highest BCUT2D eigenvalue weighted by Crippen LogP contribution is 2.27. The lowest BCUT2D eigenvalue weighted by Crippen LogP contribution is -2.45. The molecule has 0 bridgehead atoms.